The van der Waals surface area contributed by atoms with Gasteiger partial charge in [0.2, 0.25) is 0 Å². The number of hydrogen-bond acceptors (Lipinski definition) is 1. The summed E-state index contributed by atoms with van der Waals surface area (Å²) in [4.78, 5) is 0. The molecule has 0 radical (unpaired) electrons. The fourth-order valence-electron chi connectivity index (χ4n) is 1.35. The Balaban J connectivity index is 3.35. The summed E-state index contributed by atoms with van der Waals surface area (Å²) in [5, 5.41) is 3.38. The van der Waals surface area contributed by atoms with Crippen LogP contribution in [-0.4, -0.2) is 13.1 Å². The first-order valence-corrected chi connectivity index (χ1v) is 5.66. The van der Waals surface area contributed by atoms with Crippen LogP contribution in [0.15, 0.2) is 0 Å². The third kappa shape index (κ3) is 9.88. The highest BCUT2D eigenvalue weighted by Crippen LogP contribution is 2.24. The molecule has 1 unspecified atom stereocenters. The second-order valence-electron chi connectivity index (χ2n) is 5.35. The van der Waals surface area contributed by atoms with E-state index in [1.54, 1.807) is 0 Å². The molecule has 0 aromatic carbocycles. The molecule has 0 aliphatic rings. The lowest BCUT2D eigenvalue weighted by molar-refractivity contribution is 0.322. The average Bonchev–Trinajstić information content (AvgIpc) is 2.00. The van der Waals surface area contributed by atoms with Crippen molar-refractivity contribution in [1.29, 1.82) is 0 Å². The smallest absolute Gasteiger partial charge is 0.00465 e. The highest BCUT2D eigenvalue weighted by Gasteiger charge is 2.11. The maximum Gasteiger partial charge on any atom is -0.00465 e. The van der Waals surface area contributed by atoms with Crippen molar-refractivity contribution in [2.24, 2.45) is 11.3 Å². The Hall–Kier alpha value is -0.0400. The molecule has 0 heterocycles. The van der Waals surface area contributed by atoms with E-state index in [4.69, 9.17) is 0 Å². The standard InChI is InChI=1S/C12H27N/c1-6-13-10-8-11(2)7-9-12(3,4)5/h11,13H,6-10H2,1-5H3. The van der Waals surface area contributed by atoms with Crippen molar-refractivity contribution in [3.05, 3.63) is 0 Å². The van der Waals surface area contributed by atoms with Crippen LogP contribution in [0.4, 0.5) is 0 Å². The monoisotopic (exact) mass is 185 g/mol. The number of nitrogens with one attached hydrogen (secondary N) is 1. The predicted octanol–water partition coefficient (Wildman–Crippen LogP) is 3.45. The summed E-state index contributed by atoms with van der Waals surface area (Å²) in [6, 6.07) is 0. The van der Waals surface area contributed by atoms with Crippen molar-refractivity contribution >= 4 is 0 Å². The van der Waals surface area contributed by atoms with Crippen molar-refractivity contribution in [3.8, 4) is 0 Å². The maximum absolute atomic E-state index is 3.38. The van der Waals surface area contributed by atoms with Gasteiger partial charge in [-0.1, -0.05) is 41.0 Å². The average molecular weight is 185 g/mol. The van der Waals surface area contributed by atoms with E-state index >= 15 is 0 Å². The summed E-state index contributed by atoms with van der Waals surface area (Å²) < 4.78 is 0. The molecule has 0 saturated heterocycles. The summed E-state index contributed by atoms with van der Waals surface area (Å²) in [6.07, 6.45) is 4.04. The molecule has 0 fully saturated rings. The van der Waals surface area contributed by atoms with Gasteiger partial charge in [0, 0.05) is 0 Å². The van der Waals surface area contributed by atoms with Crippen molar-refractivity contribution in [2.45, 2.75) is 53.9 Å². The van der Waals surface area contributed by atoms with Crippen LogP contribution in [0.3, 0.4) is 0 Å². The Labute approximate surface area is 84.3 Å². The minimum Gasteiger partial charge on any atom is -0.317 e. The number of rotatable bonds is 6. The molecule has 0 aromatic heterocycles. The summed E-state index contributed by atoms with van der Waals surface area (Å²) >= 11 is 0. The van der Waals surface area contributed by atoms with Gasteiger partial charge in [-0.3, -0.25) is 0 Å². The predicted molar refractivity (Wildman–Crippen MR) is 61.0 cm³/mol. The highest BCUT2D eigenvalue weighted by atomic mass is 14.8. The molecule has 0 aromatic rings. The molecule has 0 bridgehead atoms. The molecule has 0 amide bonds. The van der Waals surface area contributed by atoms with Crippen molar-refractivity contribution < 1.29 is 0 Å². The fourth-order valence-corrected chi connectivity index (χ4v) is 1.35. The zero-order chi connectivity index (χ0) is 10.3. The van der Waals surface area contributed by atoms with Gasteiger partial charge >= 0.3 is 0 Å². The van der Waals surface area contributed by atoms with E-state index in [1.165, 1.54) is 25.8 Å². The molecule has 1 heteroatoms. The van der Waals surface area contributed by atoms with Crippen LogP contribution in [0.2, 0.25) is 0 Å². The topological polar surface area (TPSA) is 12.0 Å². The van der Waals surface area contributed by atoms with Gasteiger partial charge in [0.15, 0.2) is 0 Å². The third-order valence-electron chi connectivity index (χ3n) is 2.45. The van der Waals surface area contributed by atoms with Crippen molar-refractivity contribution in [2.75, 3.05) is 13.1 Å². The Morgan fingerprint density at radius 3 is 2.23 bits per heavy atom. The summed E-state index contributed by atoms with van der Waals surface area (Å²) in [5.74, 6) is 0.873. The van der Waals surface area contributed by atoms with Crippen LogP contribution >= 0.6 is 0 Å². The quantitative estimate of drug-likeness (QED) is 0.625. The molecular weight excluding hydrogens is 158 g/mol. The Bertz CT molecular complexity index is 113. The minimum atomic E-state index is 0.506. The molecule has 0 rings (SSSR count). The number of hydrogen-bond donors (Lipinski definition) is 1. The van der Waals surface area contributed by atoms with Gasteiger partial charge in [-0.2, -0.15) is 0 Å². The van der Waals surface area contributed by atoms with Gasteiger partial charge < -0.3 is 5.32 Å². The first kappa shape index (κ1) is 13.0. The van der Waals surface area contributed by atoms with E-state index in [2.05, 4.69) is 39.9 Å². The molecule has 80 valence electrons. The minimum absolute atomic E-state index is 0.506. The second kappa shape index (κ2) is 6.42. The lowest BCUT2D eigenvalue weighted by Crippen LogP contribution is -2.17. The van der Waals surface area contributed by atoms with Crippen molar-refractivity contribution in [1.82, 2.24) is 5.32 Å². The van der Waals surface area contributed by atoms with E-state index < -0.39 is 0 Å². The Morgan fingerprint density at radius 1 is 1.15 bits per heavy atom. The largest absolute Gasteiger partial charge is 0.317 e. The highest BCUT2D eigenvalue weighted by molar-refractivity contribution is 4.64. The van der Waals surface area contributed by atoms with E-state index in [-0.39, 0.29) is 0 Å². The summed E-state index contributed by atoms with van der Waals surface area (Å²) in [5.41, 5.74) is 0.506. The first-order chi connectivity index (χ1) is 5.95. The molecule has 1 atom stereocenters. The third-order valence-corrected chi connectivity index (χ3v) is 2.45. The van der Waals surface area contributed by atoms with Crippen molar-refractivity contribution in [3.63, 3.8) is 0 Å². The SMILES string of the molecule is CCNCCC(C)CCC(C)(C)C. The van der Waals surface area contributed by atoms with Gasteiger partial charge in [0.05, 0.1) is 0 Å². The van der Waals surface area contributed by atoms with Gasteiger partial charge in [-0.05, 0) is 37.3 Å². The summed E-state index contributed by atoms with van der Waals surface area (Å²) in [7, 11) is 0. The molecule has 1 nitrogen and oxygen atoms in total. The Kier molecular flexibility index (Phi) is 6.40. The first-order valence-electron chi connectivity index (χ1n) is 5.66. The normalized spacial score (nSPS) is 14.5. The molecular formula is C12H27N. The lowest BCUT2D eigenvalue weighted by Gasteiger charge is -2.20. The Morgan fingerprint density at radius 2 is 1.77 bits per heavy atom. The zero-order valence-electron chi connectivity index (χ0n) is 10.1. The van der Waals surface area contributed by atoms with Crippen LogP contribution in [0.1, 0.15) is 53.9 Å². The molecule has 1 N–H and O–H groups in total. The van der Waals surface area contributed by atoms with Crippen LogP contribution in [0, 0.1) is 11.3 Å². The summed E-state index contributed by atoms with van der Waals surface area (Å²) in [6.45, 7) is 13.8. The fraction of sp³-hybridized carbons (Fsp3) is 1.00. The van der Waals surface area contributed by atoms with Gasteiger partial charge in [0.1, 0.15) is 0 Å². The van der Waals surface area contributed by atoms with Crippen LogP contribution in [0.25, 0.3) is 0 Å². The van der Waals surface area contributed by atoms with Gasteiger partial charge in [-0.25, -0.2) is 0 Å². The van der Waals surface area contributed by atoms with E-state index in [1.807, 2.05) is 0 Å². The maximum atomic E-state index is 3.38. The molecule has 0 aliphatic heterocycles. The van der Waals surface area contributed by atoms with Crippen LogP contribution in [0.5, 0.6) is 0 Å². The van der Waals surface area contributed by atoms with Gasteiger partial charge in [0.25, 0.3) is 0 Å². The lowest BCUT2D eigenvalue weighted by atomic mass is 9.86. The molecule has 0 saturated carbocycles. The van der Waals surface area contributed by atoms with E-state index in [0.29, 0.717) is 5.41 Å². The van der Waals surface area contributed by atoms with Crippen LogP contribution < -0.4 is 5.32 Å². The van der Waals surface area contributed by atoms with E-state index in [9.17, 15) is 0 Å². The van der Waals surface area contributed by atoms with Crippen LogP contribution in [-0.2, 0) is 0 Å². The zero-order valence-corrected chi connectivity index (χ0v) is 10.1. The second-order valence-corrected chi connectivity index (χ2v) is 5.35. The molecule has 0 spiro atoms. The van der Waals surface area contributed by atoms with Gasteiger partial charge in [-0.15, -0.1) is 0 Å². The van der Waals surface area contributed by atoms with E-state index in [0.717, 1.165) is 12.5 Å². The molecule has 0 aliphatic carbocycles. The molecule has 13 heavy (non-hydrogen) atoms.